The van der Waals surface area contributed by atoms with E-state index in [2.05, 4.69) is 0 Å². The van der Waals surface area contributed by atoms with Crippen molar-refractivity contribution < 1.29 is 8.83 Å². The van der Waals surface area contributed by atoms with Crippen LogP contribution in [0.15, 0.2) is 51.5 Å². The van der Waals surface area contributed by atoms with Crippen molar-refractivity contribution in [2.75, 3.05) is 0 Å². The predicted molar refractivity (Wildman–Crippen MR) is 68.5 cm³/mol. The van der Waals surface area contributed by atoms with Gasteiger partial charge in [-0.1, -0.05) is 11.6 Å². The second-order valence-electron chi connectivity index (χ2n) is 4.01. The van der Waals surface area contributed by atoms with Crippen LogP contribution in [0.2, 0.25) is 5.02 Å². The Morgan fingerprint density at radius 2 is 1.65 bits per heavy atom. The summed E-state index contributed by atoms with van der Waals surface area (Å²) in [5.41, 5.74) is 2.56. The summed E-state index contributed by atoms with van der Waals surface area (Å²) in [5, 5.41) is 3.86. The molecule has 0 bridgehead atoms. The third kappa shape index (κ3) is 1.16. The van der Waals surface area contributed by atoms with Crippen LogP contribution in [0, 0.1) is 0 Å². The van der Waals surface area contributed by atoms with Gasteiger partial charge in [0.05, 0.1) is 6.26 Å². The maximum absolute atomic E-state index is 6.04. The molecule has 0 amide bonds. The van der Waals surface area contributed by atoms with Crippen molar-refractivity contribution in [2.24, 2.45) is 0 Å². The first-order chi connectivity index (χ1) is 8.33. The van der Waals surface area contributed by atoms with E-state index < -0.39 is 0 Å². The molecule has 2 nitrogen and oxygen atoms in total. The van der Waals surface area contributed by atoms with Crippen molar-refractivity contribution in [2.45, 2.75) is 0 Å². The molecule has 0 radical (unpaired) electrons. The van der Waals surface area contributed by atoms with Gasteiger partial charge < -0.3 is 8.83 Å². The maximum atomic E-state index is 6.04. The van der Waals surface area contributed by atoms with E-state index >= 15 is 0 Å². The molecule has 0 aliphatic rings. The molecule has 2 aromatic heterocycles. The molecule has 2 aromatic carbocycles. The van der Waals surface area contributed by atoms with E-state index in [0.29, 0.717) is 5.02 Å². The minimum Gasteiger partial charge on any atom is -0.464 e. The van der Waals surface area contributed by atoms with Gasteiger partial charge in [0.1, 0.15) is 16.7 Å². The minimum atomic E-state index is 0.709. The summed E-state index contributed by atoms with van der Waals surface area (Å²) in [6.45, 7) is 0. The first-order valence-corrected chi connectivity index (χ1v) is 5.69. The molecule has 4 rings (SSSR count). The van der Waals surface area contributed by atoms with Crippen LogP contribution in [0.4, 0.5) is 0 Å². The number of rotatable bonds is 0. The summed E-state index contributed by atoms with van der Waals surface area (Å²) in [7, 11) is 0. The lowest BCUT2D eigenvalue weighted by Crippen LogP contribution is -1.69. The van der Waals surface area contributed by atoms with Gasteiger partial charge in [0.25, 0.3) is 0 Å². The van der Waals surface area contributed by atoms with Crippen LogP contribution < -0.4 is 0 Å². The van der Waals surface area contributed by atoms with E-state index in [0.717, 1.165) is 32.9 Å². The van der Waals surface area contributed by atoms with Crippen LogP contribution in [0.3, 0.4) is 0 Å². The summed E-state index contributed by atoms with van der Waals surface area (Å²) >= 11 is 6.04. The largest absolute Gasteiger partial charge is 0.464 e. The predicted octanol–water partition coefficient (Wildman–Crippen LogP) is 4.99. The van der Waals surface area contributed by atoms with E-state index in [1.165, 1.54) is 0 Å². The fourth-order valence-corrected chi connectivity index (χ4v) is 2.46. The van der Waals surface area contributed by atoms with E-state index in [9.17, 15) is 0 Å². The lowest BCUT2D eigenvalue weighted by atomic mass is 10.1. The number of furan rings is 2. The number of hydrogen-bond donors (Lipinski definition) is 0. The van der Waals surface area contributed by atoms with Crippen molar-refractivity contribution in [1.29, 1.82) is 0 Å². The lowest BCUT2D eigenvalue weighted by Gasteiger charge is -1.92. The fraction of sp³-hybridized carbons (Fsp3) is 0. The first kappa shape index (κ1) is 9.14. The van der Waals surface area contributed by atoms with E-state index in [1.54, 1.807) is 6.26 Å². The molecule has 0 saturated carbocycles. The van der Waals surface area contributed by atoms with Gasteiger partial charge in [-0.15, -0.1) is 0 Å². The highest BCUT2D eigenvalue weighted by molar-refractivity contribution is 6.32. The number of fused-ring (bicyclic) bond motifs is 5. The number of hydrogen-bond acceptors (Lipinski definition) is 2. The van der Waals surface area contributed by atoms with Crippen LogP contribution in [0.25, 0.3) is 32.9 Å². The molecule has 0 spiro atoms. The van der Waals surface area contributed by atoms with Gasteiger partial charge in [0, 0.05) is 21.2 Å². The average molecular weight is 243 g/mol. The Kier molecular flexibility index (Phi) is 1.64. The molecule has 0 aliphatic carbocycles. The Hall–Kier alpha value is -1.93. The summed E-state index contributed by atoms with van der Waals surface area (Å²) < 4.78 is 11.2. The Balaban J connectivity index is 2.37. The Bertz CT molecular complexity index is 854. The van der Waals surface area contributed by atoms with Crippen LogP contribution in [-0.4, -0.2) is 0 Å². The van der Waals surface area contributed by atoms with Crippen molar-refractivity contribution in [3.05, 3.63) is 47.7 Å². The Morgan fingerprint density at radius 3 is 2.59 bits per heavy atom. The molecule has 0 atom stereocenters. The maximum Gasteiger partial charge on any atom is 0.136 e. The van der Waals surface area contributed by atoms with Crippen LogP contribution in [0.1, 0.15) is 0 Å². The molecule has 0 aliphatic heterocycles. The molecule has 17 heavy (non-hydrogen) atoms. The van der Waals surface area contributed by atoms with Crippen LogP contribution in [0.5, 0.6) is 0 Å². The van der Waals surface area contributed by atoms with Gasteiger partial charge in [0.15, 0.2) is 0 Å². The number of halogens is 1. The monoisotopic (exact) mass is 242 g/mol. The standard InChI is InChI=1S/C14H7ClO2/c15-8-1-2-12-10(7-8)14-9-5-6-16-11(9)3-4-13(14)17-12/h1-7H. The molecular weight excluding hydrogens is 236 g/mol. The zero-order valence-electron chi connectivity index (χ0n) is 8.74. The smallest absolute Gasteiger partial charge is 0.136 e. The third-order valence-corrected chi connectivity index (χ3v) is 3.26. The Labute approximate surface area is 101 Å². The minimum absolute atomic E-state index is 0.709. The zero-order chi connectivity index (χ0) is 11.4. The van der Waals surface area contributed by atoms with Gasteiger partial charge >= 0.3 is 0 Å². The highest BCUT2D eigenvalue weighted by Crippen LogP contribution is 2.35. The highest BCUT2D eigenvalue weighted by atomic mass is 35.5. The molecule has 82 valence electrons. The van der Waals surface area contributed by atoms with Gasteiger partial charge in [0.2, 0.25) is 0 Å². The SMILES string of the molecule is Clc1ccc2oc3ccc4occc4c3c2c1. The second kappa shape index (κ2) is 3.05. The zero-order valence-corrected chi connectivity index (χ0v) is 9.49. The lowest BCUT2D eigenvalue weighted by molar-refractivity contribution is 0.615. The molecule has 4 aromatic rings. The third-order valence-electron chi connectivity index (χ3n) is 3.03. The van der Waals surface area contributed by atoms with Crippen molar-refractivity contribution in [3.63, 3.8) is 0 Å². The van der Waals surface area contributed by atoms with E-state index in [1.807, 2.05) is 36.4 Å². The topological polar surface area (TPSA) is 26.3 Å². The molecule has 2 heterocycles. The van der Waals surface area contributed by atoms with Gasteiger partial charge in [-0.3, -0.25) is 0 Å². The van der Waals surface area contributed by atoms with Gasteiger partial charge in [-0.2, -0.15) is 0 Å². The van der Waals surface area contributed by atoms with Crippen molar-refractivity contribution >= 4 is 44.5 Å². The summed E-state index contributed by atoms with van der Waals surface area (Å²) in [4.78, 5) is 0. The fourth-order valence-electron chi connectivity index (χ4n) is 2.29. The number of benzene rings is 2. The van der Waals surface area contributed by atoms with E-state index in [-0.39, 0.29) is 0 Å². The van der Waals surface area contributed by atoms with Crippen LogP contribution >= 0.6 is 11.6 Å². The molecule has 3 heteroatoms. The Morgan fingerprint density at radius 1 is 0.824 bits per heavy atom. The summed E-state index contributed by atoms with van der Waals surface area (Å²) in [5.74, 6) is 0. The molecule has 0 N–H and O–H groups in total. The average Bonchev–Trinajstić information content (AvgIpc) is 2.90. The molecular formula is C14H7ClO2. The first-order valence-electron chi connectivity index (χ1n) is 5.31. The van der Waals surface area contributed by atoms with Crippen molar-refractivity contribution in [1.82, 2.24) is 0 Å². The van der Waals surface area contributed by atoms with Gasteiger partial charge in [-0.05, 0) is 36.4 Å². The quantitative estimate of drug-likeness (QED) is 0.434. The van der Waals surface area contributed by atoms with Gasteiger partial charge in [-0.25, -0.2) is 0 Å². The normalized spacial score (nSPS) is 11.8. The highest BCUT2D eigenvalue weighted by Gasteiger charge is 2.11. The second-order valence-corrected chi connectivity index (χ2v) is 4.45. The molecule has 0 fully saturated rings. The molecule has 0 saturated heterocycles. The van der Waals surface area contributed by atoms with E-state index in [4.69, 9.17) is 20.4 Å². The summed E-state index contributed by atoms with van der Waals surface area (Å²) in [6, 6.07) is 11.4. The molecule has 0 unspecified atom stereocenters. The van der Waals surface area contributed by atoms with Crippen molar-refractivity contribution in [3.8, 4) is 0 Å². The summed E-state index contributed by atoms with van der Waals surface area (Å²) in [6.07, 6.45) is 1.69. The van der Waals surface area contributed by atoms with Crippen LogP contribution in [-0.2, 0) is 0 Å².